The maximum absolute atomic E-state index is 11.5. The first-order chi connectivity index (χ1) is 8.10. The van der Waals surface area contributed by atoms with Crippen molar-refractivity contribution in [3.63, 3.8) is 0 Å². The highest BCUT2D eigenvalue weighted by Crippen LogP contribution is 2.13. The quantitative estimate of drug-likeness (QED) is 0.647. The van der Waals surface area contributed by atoms with Crippen molar-refractivity contribution in [2.45, 2.75) is 4.90 Å². The van der Waals surface area contributed by atoms with Crippen LogP contribution in [0.5, 0.6) is 0 Å². The van der Waals surface area contributed by atoms with Gasteiger partial charge in [0.05, 0.1) is 4.90 Å². The molecule has 6 heteroatoms. The normalized spacial score (nSPS) is 11.9. The van der Waals surface area contributed by atoms with Gasteiger partial charge in [-0.1, -0.05) is 12.2 Å². The third-order valence-corrected chi connectivity index (χ3v) is 3.59. The highest BCUT2D eigenvalue weighted by molar-refractivity contribution is 7.89. The Morgan fingerprint density at radius 3 is 2.41 bits per heavy atom. The van der Waals surface area contributed by atoms with Gasteiger partial charge in [-0.2, -0.15) is 0 Å². The number of rotatable bonds is 6. The predicted molar refractivity (Wildman–Crippen MR) is 69.4 cm³/mol. The maximum Gasteiger partial charge on any atom is 0.240 e. The molecule has 0 atom stereocenters. The van der Waals surface area contributed by atoms with Gasteiger partial charge in [-0.05, 0) is 31.3 Å². The Morgan fingerprint density at radius 2 is 1.88 bits per heavy atom. The van der Waals surface area contributed by atoms with Crippen LogP contribution in [0.1, 0.15) is 0 Å². The van der Waals surface area contributed by atoms with E-state index in [9.17, 15) is 8.42 Å². The Bertz CT molecular complexity index is 466. The van der Waals surface area contributed by atoms with E-state index in [1.807, 2.05) is 12.2 Å². The molecule has 0 saturated carbocycles. The zero-order valence-electron chi connectivity index (χ0n) is 9.68. The van der Waals surface area contributed by atoms with Gasteiger partial charge in [0, 0.05) is 18.8 Å². The van der Waals surface area contributed by atoms with Crippen molar-refractivity contribution in [2.75, 3.05) is 25.5 Å². The van der Waals surface area contributed by atoms with Gasteiger partial charge in [0.1, 0.15) is 0 Å². The summed E-state index contributed by atoms with van der Waals surface area (Å²) < 4.78 is 25.2. The van der Waals surface area contributed by atoms with Crippen LogP contribution in [0.25, 0.3) is 0 Å². The summed E-state index contributed by atoms with van der Waals surface area (Å²) in [7, 11) is -1.96. The fourth-order valence-electron chi connectivity index (χ4n) is 1.23. The molecule has 0 aliphatic rings. The number of nitrogens with two attached hydrogens (primary N) is 1. The summed E-state index contributed by atoms with van der Waals surface area (Å²) in [6.07, 6.45) is 3.77. The first-order valence-corrected chi connectivity index (χ1v) is 6.71. The highest BCUT2D eigenvalue weighted by Gasteiger charge is 2.09. The molecule has 0 unspecified atom stereocenters. The van der Waals surface area contributed by atoms with Gasteiger partial charge in [0.15, 0.2) is 0 Å². The lowest BCUT2D eigenvalue weighted by molar-refractivity contribution is 0.588. The molecule has 4 N–H and O–H groups in total. The second-order valence-electron chi connectivity index (χ2n) is 3.32. The topological polar surface area (TPSA) is 84.2 Å². The van der Waals surface area contributed by atoms with E-state index in [1.165, 1.54) is 7.05 Å². The number of hydrogen-bond donors (Lipinski definition) is 3. The average molecular weight is 255 g/mol. The van der Waals surface area contributed by atoms with Crippen molar-refractivity contribution in [3.8, 4) is 0 Å². The van der Waals surface area contributed by atoms with Crippen molar-refractivity contribution in [1.82, 2.24) is 4.72 Å². The molecular weight excluding hydrogens is 238 g/mol. The molecule has 0 saturated heterocycles. The Labute approximate surface area is 102 Å². The van der Waals surface area contributed by atoms with E-state index in [0.717, 1.165) is 5.69 Å². The van der Waals surface area contributed by atoms with Crippen LogP contribution < -0.4 is 15.8 Å². The summed E-state index contributed by atoms with van der Waals surface area (Å²) in [5.74, 6) is 0. The van der Waals surface area contributed by atoms with Crippen molar-refractivity contribution >= 4 is 15.7 Å². The van der Waals surface area contributed by atoms with Crippen LogP contribution in [0, 0.1) is 0 Å². The predicted octanol–water partition coefficient (Wildman–Crippen LogP) is 0.522. The first kappa shape index (κ1) is 13.7. The van der Waals surface area contributed by atoms with Gasteiger partial charge in [-0.3, -0.25) is 0 Å². The number of hydrogen-bond acceptors (Lipinski definition) is 4. The molecule has 0 aliphatic heterocycles. The zero-order chi connectivity index (χ0) is 12.7. The first-order valence-electron chi connectivity index (χ1n) is 5.22. The summed E-state index contributed by atoms with van der Waals surface area (Å²) in [5.41, 5.74) is 6.17. The van der Waals surface area contributed by atoms with Crippen LogP contribution in [0.2, 0.25) is 0 Å². The van der Waals surface area contributed by atoms with Crippen LogP contribution in [0.4, 0.5) is 5.69 Å². The molecule has 1 aromatic carbocycles. The van der Waals surface area contributed by atoms with Crippen LogP contribution in [0.15, 0.2) is 41.3 Å². The Balaban J connectivity index is 2.66. The molecule has 0 fully saturated rings. The van der Waals surface area contributed by atoms with Gasteiger partial charge in [0.2, 0.25) is 10.0 Å². The molecule has 0 aromatic heterocycles. The molecular formula is C11H17N3O2S. The number of sulfonamides is 1. The zero-order valence-corrected chi connectivity index (χ0v) is 10.5. The fourth-order valence-corrected chi connectivity index (χ4v) is 1.96. The van der Waals surface area contributed by atoms with E-state index in [0.29, 0.717) is 13.1 Å². The highest BCUT2D eigenvalue weighted by atomic mass is 32.2. The average Bonchev–Trinajstić information content (AvgIpc) is 2.35. The Kier molecular flexibility index (Phi) is 5.14. The molecule has 0 bridgehead atoms. The third kappa shape index (κ3) is 4.18. The summed E-state index contributed by atoms with van der Waals surface area (Å²) in [5, 5.41) is 3.12. The van der Waals surface area contributed by atoms with Gasteiger partial charge >= 0.3 is 0 Å². The van der Waals surface area contributed by atoms with Crippen molar-refractivity contribution < 1.29 is 8.42 Å². The minimum Gasteiger partial charge on any atom is -0.382 e. The molecule has 0 spiro atoms. The van der Waals surface area contributed by atoms with Crippen LogP contribution >= 0.6 is 0 Å². The lowest BCUT2D eigenvalue weighted by Crippen LogP contribution is -2.18. The molecule has 0 radical (unpaired) electrons. The molecule has 0 amide bonds. The van der Waals surface area contributed by atoms with Crippen LogP contribution in [0.3, 0.4) is 0 Å². The van der Waals surface area contributed by atoms with E-state index in [-0.39, 0.29) is 4.90 Å². The Hall–Kier alpha value is -1.37. The largest absolute Gasteiger partial charge is 0.382 e. The second-order valence-corrected chi connectivity index (χ2v) is 5.21. The number of nitrogens with one attached hydrogen (secondary N) is 2. The summed E-state index contributed by atoms with van der Waals surface area (Å²) >= 11 is 0. The minimum atomic E-state index is -3.35. The number of benzene rings is 1. The lowest BCUT2D eigenvalue weighted by Gasteiger charge is -2.05. The third-order valence-electron chi connectivity index (χ3n) is 2.16. The molecule has 0 heterocycles. The second kappa shape index (κ2) is 6.39. The molecule has 17 heavy (non-hydrogen) atoms. The van der Waals surface area contributed by atoms with Gasteiger partial charge in [-0.25, -0.2) is 13.1 Å². The van der Waals surface area contributed by atoms with Crippen LogP contribution in [-0.2, 0) is 10.0 Å². The fraction of sp³-hybridized carbons (Fsp3) is 0.273. The van der Waals surface area contributed by atoms with E-state index in [4.69, 9.17) is 5.73 Å². The van der Waals surface area contributed by atoms with Crippen LogP contribution in [-0.4, -0.2) is 28.6 Å². The van der Waals surface area contributed by atoms with Gasteiger partial charge < -0.3 is 11.1 Å². The van der Waals surface area contributed by atoms with Crippen molar-refractivity contribution in [3.05, 3.63) is 36.4 Å². The van der Waals surface area contributed by atoms with E-state index in [1.54, 1.807) is 24.3 Å². The number of anilines is 1. The van der Waals surface area contributed by atoms with Crippen molar-refractivity contribution in [2.24, 2.45) is 5.73 Å². The van der Waals surface area contributed by atoms with Gasteiger partial charge in [-0.15, -0.1) is 0 Å². The van der Waals surface area contributed by atoms with E-state index >= 15 is 0 Å². The lowest BCUT2D eigenvalue weighted by atomic mass is 10.3. The minimum absolute atomic E-state index is 0.253. The molecule has 0 aliphatic carbocycles. The molecule has 94 valence electrons. The molecule has 5 nitrogen and oxygen atoms in total. The summed E-state index contributed by atoms with van der Waals surface area (Å²) in [6.45, 7) is 1.18. The standard InChI is InChI=1S/C11H17N3O2S/c1-13-17(15,16)11-6-4-10(5-7-11)14-9-3-2-8-12/h2-7,13-14H,8-9,12H2,1H3/b3-2+. The maximum atomic E-state index is 11.5. The SMILES string of the molecule is CNS(=O)(=O)c1ccc(NC/C=C/CN)cc1. The smallest absolute Gasteiger partial charge is 0.240 e. The molecule has 1 aromatic rings. The molecule has 1 rings (SSSR count). The summed E-state index contributed by atoms with van der Waals surface area (Å²) in [4.78, 5) is 0.253. The van der Waals surface area contributed by atoms with Gasteiger partial charge in [0.25, 0.3) is 0 Å². The van der Waals surface area contributed by atoms with Crippen molar-refractivity contribution in [1.29, 1.82) is 0 Å². The van der Waals surface area contributed by atoms with E-state index < -0.39 is 10.0 Å². The van der Waals surface area contributed by atoms with E-state index in [2.05, 4.69) is 10.0 Å². The Morgan fingerprint density at radius 1 is 1.24 bits per heavy atom. The monoisotopic (exact) mass is 255 g/mol. The summed E-state index contributed by atoms with van der Waals surface area (Å²) in [6, 6.07) is 6.56.